The molecule has 0 spiro atoms. The summed E-state index contributed by atoms with van der Waals surface area (Å²) in [6, 6.07) is 6.70. The van der Waals surface area contributed by atoms with Crippen molar-refractivity contribution in [2.24, 2.45) is 0 Å². The van der Waals surface area contributed by atoms with E-state index in [9.17, 15) is 4.79 Å². The van der Waals surface area contributed by atoms with E-state index in [0.717, 1.165) is 11.6 Å². The Labute approximate surface area is 81.1 Å². The van der Waals surface area contributed by atoms with E-state index in [1.807, 2.05) is 0 Å². The van der Waals surface area contributed by atoms with Crippen molar-refractivity contribution in [2.75, 3.05) is 6.79 Å². The Morgan fingerprint density at radius 1 is 1.36 bits per heavy atom. The van der Waals surface area contributed by atoms with Gasteiger partial charge in [-0.3, -0.25) is 0 Å². The minimum Gasteiger partial charge on any atom is -0.478 e. The summed E-state index contributed by atoms with van der Waals surface area (Å²) in [7, 11) is 0. The van der Waals surface area contributed by atoms with Crippen LogP contribution in [0.3, 0.4) is 0 Å². The van der Waals surface area contributed by atoms with Gasteiger partial charge in [-0.2, -0.15) is 0 Å². The van der Waals surface area contributed by atoms with E-state index in [1.54, 1.807) is 24.3 Å². The fraction of sp³-hybridized carbons (Fsp3) is 0.100. The first-order valence-corrected chi connectivity index (χ1v) is 3.97. The molecular weight excluding hydrogens is 184 g/mol. The summed E-state index contributed by atoms with van der Waals surface area (Å²) in [5, 5.41) is 16.8. The van der Waals surface area contributed by atoms with Gasteiger partial charge in [0.2, 0.25) is 0 Å². The van der Waals surface area contributed by atoms with Gasteiger partial charge in [-0.1, -0.05) is 12.1 Å². The quantitative estimate of drug-likeness (QED) is 0.556. The highest BCUT2D eigenvalue weighted by Gasteiger charge is 1.92. The minimum absolute atomic E-state index is 0.371. The van der Waals surface area contributed by atoms with Crippen molar-refractivity contribution in [3.63, 3.8) is 0 Å². The first-order chi connectivity index (χ1) is 6.72. The average molecular weight is 194 g/mol. The first kappa shape index (κ1) is 10.3. The molecule has 14 heavy (non-hydrogen) atoms. The van der Waals surface area contributed by atoms with Crippen LogP contribution < -0.4 is 4.74 Å². The van der Waals surface area contributed by atoms with Gasteiger partial charge in [0.15, 0.2) is 6.79 Å². The lowest BCUT2D eigenvalue weighted by atomic mass is 10.2. The first-order valence-electron chi connectivity index (χ1n) is 3.97. The van der Waals surface area contributed by atoms with Gasteiger partial charge in [0.05, 0.1) is 0 Å². The molecule has 4 heteroatoms. The fourth-order valence-corrected chi connectivity index (χ4v) is 0.917. The van der Waals surface area contributed by atoms with Gasteiger partial charge in [-0.25, -0.2) is 4.79 Å². The SMILES string of the molecule is O=C(O)C=Cc1ccc(OCO)cc1. The number of ether oxygens (including phenoxy) is 1. The molecule has 0 aliphatic rings. The summed E-state index contributed by atoms with van der Waals surface area (Å²) in [6.07, 6.45) is 2.53. The molecule has 0 fully saturated rings. The normalized spacial score (nSPS) is 10.4. The van der Waals surface area contributed by atoms with E-state index < -0.39 is 5.97 Å². The van der Waals surface area contributed by atoms with Gasteiger partial charge < -0.3 is 14.9 Å². The van der Waals surface area contributed by atoms with E-state index in [4.69, 9.17) is 14.9 Å². The molecule has 2 N–H and O–H groups in total. The summed E-state index contributed by atoms with van der Waals surface area (Å²) in [5.41, 5.74) is 0.762. The maximum absolute atomic E-state index is 10.2. The minimum atomic E-state index is -0.985. The Kier molecular flexibility index (Phi) is 3.69. The molecule has 0 aliphatic carbocycles. The average Bonchev–Trinajstić information content (AvgIpc) is 2.17. The Bertz CT molecular complexity index is 326. The summed E-state index contributed by atoms with van der Waals surface area (Å²) >= 11 is 0. The van der Waals surface area contributed by atoms with Crippen molar-refractivity contribution in [2.45, 2.75) is 0 Å². The number of carboxylic acid groups (broad SMARTS) is 1. The van der Waals surface area contributed by atoms with Gasteiger partial charge >= 0.3 is 5.97 Å². The number of aliphatic hydroxyl groups excluding tert-OH is 1. The van der Waals surface area contributed by atoms with Gasteiger partial charge in [-0.05, 0) is 23.8 Å². The Morgan fingerprint density at radius 3 is 2.50 bits per heavy atom. The molecule has 0 bridgehead atoms. The van der Waals surface area contributed by atoms with E-state index in [-0.39, 0.29) is 6.79 Å². The Morgan fingerprint density at radius 2 is 2.00 bits per heavy atom. The molecule has 0 aliphatic heterocycles. The van der Waals surface area contributed by atoms with Crippen molar-refractivity contribution in [1.29, 1.82) is 0 Å². The number of carbonyl (C=O) groups is 1. The second kappa shape index (κ2) is 5.04. The molecular formula is C10H10O4. The topological polar surface area (TPSA) is 66.8 Å². The maximum atomic E-state index is 10.2. The van der Waals surface area contributed by atoms with Crippen molar-refractivity contribution in [3.8, 4) is 5.75 Å². The molecule has 4 nitrogen and oxygen atoms in total. The van der Waals surface area contributed by atoms with Crippen LogP contribution in [0.4, 0.5) is 0 Å². The zero-order valence-corrected chi connectivity index (χ0v) is 7.38. The summed E-state index contributed by atoms with van der Waals surface area (Å²) in [6.45, 7) is -0.371. The molecule has 0 aromatic heterocycles. The zero-order chi connectivity index (χ0) is 10.4. The molecule has 1 aromatic carbocycles. The highest BCUT2D eigenvalue weighted by Crippen LogP contribution is 2.12. The van der Waals surface area contributed by atoms with E-state index in [2.05, 4.69) is 0 Å². The predicted molar refractivity (Wildman–Crippen MR) is 50.8 cm³/mol. The van der Waals surface area contributed by atoms with Crippen LogP contribution in [0.25, 0.3) is 6.08 Å². The van der Waals surface area contributed by atoms with Gasteiger partial charge in [0.1, 0.15) is 5.75 Å². The van der Waals surface area contributed by atoms with Crippen molar-refractivity contribution < 1.29 is 19.7 Å². The number of hydrogen-bond donors (Lipinski definition) is 2. The van der Waals surface area contributed by atoms with Gasteiger partial charge in [0, 0.05) is 6.08 Å². The largest absolute Gasteiger partial charge is 0.478 e. The summed E-state index contributed by atoms with van der Waals surface area (Å²) < 4.78 is 4.80. The van der Waals surface area contributed by atoms with Crippen LogP contribution in [-0.2, 0) is 4.79 Å². The number of benzene rings is 1. The van der Waals surface area contributed by atoms with Crippen LogP contribution in [0, 0.1) is 0 Å². The smallest absolute Gasteiger partial charge is 0.328 e. The Hall–Kier alpha value is -1.81. The summed E-state index contributed by atoms with van der Waals surface area (Å²) in [5.74, 6) is -0.444. The third-order valence-corrected chi connectivity index (χ3v) is 1.53. The molecule has 74 valence electrons. The lowest BCUT2D eigenvalue weighted by Crippen LogP contribution is -1.93. The van der Waals surface area contributed by atoms with Crippen LogP contribution in [0.15, 0.2) is 30.3 Å². The molecule has 0 radical (unpaired) electrons. The summed E-state index contributed by atoms with van der Waals surface area (Å²) in [4.78, 5) is 10.2. The molecule has 0 saturated carbocycles. The number of carboxylic acids is 1. The number of aliphatic carboxylic acids is 1. The lowest BCUT2D eigenvalue weighted by Gasteiger charge is -2.01. The van der Waals surface area contributed by atoms with Crippen LogP contribution in [0.5, 0.6) is 5.75 Å². The molecule has 0 saturated heterocycles. The second-order valence-electron chi connectivity index (χ2n) is 2.51. The fourth-order valence-electron chi connectivity index (χ4n) is 0.917. The Balaban J connectivity index is 2.68. The van der Waals surface area contributed by atoms with Crippen LogP contribution in [-0.4, -0.2) is 23.0 Å². The maximum Gasteiger partial charge on any atom is 0.328 e. The van der Waals surface area contributed by atoms with E-state index >= 15 is 0 Å². The standard InChI is InChI=1S/C10H10O4/c11-7-14-9-4-1-8(2-5-9)3-6-10(12)13/h1-6,11H,7H2,(H,12,13). The molecule has 1 aromatic rings. The number of hydrogen-bond acceptors (Lipinski definition) is 3. The molecule has 1 rings (SSSR count). The predicted octanol–water partition coefficient (Wildman–Crippen LogP) is 1.11. The van der Waals surface area contributed by atoms with Crippen molar-refractivity contribution in [3.05, 3.63) is 35.9 Å². The molecule has 0 unspecified atom stereocenters. The highest BCUT2D eigenvalue weighted by molar-refractivity contribution is 5.85. The monoisotopic (exact) mass is 194 g/mol. The number of rotatable bonds is 4. The van der Waals surface area contributed by atoms with Crippen LogP contribution in [0.2, 0.25) is 0 Å². The van der Waals surface area contributed by atoms with Crippen LogP contribution in [0.1, 0.15) is 5.56 Å². The molecule has 0 atom stereocenters. The van der Waals surface area contributed by atoms with Crippen molar-refractivity contribution >= 4 is 12.0 Å². The lowest BCUT2D eigenvalue weighted by molar-refractivity contribution is -0.131. The number of aliphatic hydroxyl groups is 1. The van der Waals surface area contributed by atoms with E-state index in [0.29, 0.717) is 5.75 Å². The van der Waals surface area contributed by atoms with Gasteiger partial charge in [-0.15, -0.1) is 0 Å². The van der Waals surface area contributed by atoms with Crippen LogP contribution >= 0.6 is 0 Å². The second-order valence-corrected chi connectivity index (χ2v) is 2.51. The third kappa shape index (κ3) is 3.28. The highest BCUT2D eigenvalue weighted by atomic mass is 16.6. The van der Waals surface area contributed by atoms with E-state index in [1.165, 1.54) is 6.08 Å². The zero-order valence-electron chi connectivity index (χ0n) is 7.38. The molecule has 0 heterocycles. The third-order valence-electron chi connectivity index (χ3n) is 1.53. The van der Waals surface area contributed by atoms with Crippen molar-refractivity contribution in [1.82, 2.24) is 0 Å². The van der Waals surface area contributed by atoms with Gasteiger partial charge in [0.25, 0.3) is 0 Å². The molecule has 0 amide bonds.